The molecule has 8 heteroatoms. The van der Waals surface area contributed by atoms with Crippen molar-refractivity contribution in [2.45, 2.75) is 12.5 Å². The lowest BCUT2D eigenvalue weighted by atomic mass is 9.99. The third-order valence-electron chi connectivity index (χ3n) is 5.61. The minimum Gasteiger partial charge on any atom is -0.458 e. The summed E-state index contributed by atoms with van der Waals surface area (Å²) in [4.78, 5) is 23.3. The largest absolute Gasteiger partial charge is 0.458 e. The van der Waals surface area contributed by atoms with E-state index in [-0.39, 0.29) is 5.91 Å². The van der Waals surface area contributed by atoms with E-state index in [1.165, 1.54) is 0 Å². The highest BCUT2D eigenvalue weighted by atomic mass is 79.9. The van der Waals surface area contributed by atoms with Crippen LogP contribution >= 0.6 is 15.9 Å². The third kappa shape index (κ3) is 2.60. The second-order valence-corrected chi connectivity index (χ2v) is 8.25. The van der Waals surface area contributed by atoms with Gasteiger partial charge >= 0.3 is 0 Å². The van der Waals surface area contributed by atoms with E-state index in [0.717, 1.165) is 32.3 Å². The number of benzene rings is 1. The number of nitrogens with zero attached hydrogens (tertiary/aromatic N) is 4. The summed E-state index contributed by atoms with van der Waals surface area (Å²) in [5, 5.41) is 5.35. The van der Waals surface area contributed by atoms with Crippen LogP contribution in [-0.4, -0.2) is 36.9 Å². The molecule has 1 amide bonds. The molecule has 6 rings (SSSR count). The van der Waals surface area contributed by atoms with Gasteiger partial charge in [0.1, 0.15) is 17.4 Å². The zero-order valence-corrected chi connectivity index (χ0v) is 17.3. The number of fused-ring (bicyclic) bond motifs is 3. The smallest absolute Gasteiger partial charge is 0.258 e. The topological polar surface area (TPSA) is 79.4 Å². The third-order valence-corrected chi connectivity index (χ3v) is 6.11. The van der Waals surface area contributed by atoms with Crippen molar-refractivity contribution in [3.8, 4) is 0 Å². The van der Waals surface area contributed by atoms with Crippen LogP contribution in [0.25, 0.3) is 16.5 Å². The quantitative estimate of drug-likeness (QED) is 0.423. The molecule has 0 radical (unpaired) electrons. The zero-order valence-electron chi connectivity index (χ0n) is 15.7. The van der Waals surface area contributed by atoms with Gasteiger partial charge in [0.25, 0.3) is 5.91 Å². The molecule has 30 heavy (non-hydrogen) atoms. The van der Waals surface area contributed by atoms with Gasteiger partial charge in [-0.3, -0.25) is 4.79 Å². The summed E-state index contributed by atoms with van der Waals surface area (Å²) in [5.74, 6) is 0.609. The molecule has 1 aromatic carbocycles. The SMILES string of the molecule is O=C(c1cnn2ccc(Br)cc12)N1CCc2[nH]cnc2[C@H]1c1cc2ccccc2o1. The van der Waals surface area contributed by atoms with Crippen molar-refractivity contribution in [1.82, 2.24) is 24.5 Å². The van der Waals surface area contributed by atoms with E-state index in [1.54, 1.807) is 17.0 Å². The Balaban J connectivity index is 1.49. The molecule has 0 saturated carbocycles. The Morgan fingerprint density at radius 3 is 3.03 bits per heavy atom. The average Bonchev–Trinajstić information content (AvgIpc) is 3.49. The van der Waals surface area contributed by atoms with Crippen LogP contribution in [0.2, 0.25) is 0 Å². The monoisotopic (exact) mass is 461 g/mol. The van der Waals surface area contributed by atoms with Crippen molar-refractivity contribution in [3.63, 3.8) is 0 Å². The first-order chi connectivity index (χ1) is 14.7. The van der Waals surface area contributed by atoms with Crippen LogP contribution in [0.1, 0.15) is 33.5 Å². The number of hydrogen-bond donors (Lipinski definition) is 1. The number of halogens is 1. The summed E-state index contributed by atoms with van der Waals surface area (Å²) in [6.45, 7) is 0.557. The minimum atomic E-state index is -0.401. The number of hydrogen-bond acceptors (Lipinski definition) is 4. The zero-order chi connectivity index (χ0) is 20.2. The summed E-state index contributed by atoms with van der Waals surface area (Å²) < 4.78 is 8.76. The Kier molecular flexibility index (Phi) is 3.82. The van der Waals surface area contributed by atoms with Gasteiger partial charge in [0.05, 0.1) is 29.3 Å². The molecule has 7 nitrogen and oxygen atoms in total. The Labute approximate surface area is 179 Å². The second kappa shape index (κ2) is 6.56. The number of aromatic nitrogens is 4. The standard InChI is InChI=1S/C22H16BrN5O2/c23-14-5-8-28-17(10-14)15(11-26-28)22(29)27-7-6-16-20(25-12-24-16)21(27)19-9-13-3-1-2-4-18(13)30-19/h1-5,8-12,21H,6-7H2,(H,24,25)/t21-/m1/s1. The van der Waals surface area contributed by atoms with Crippen molar-refractivity contribution in [3.05, 3.63) is 88.4 Å². The molecule has 5 aromatic rings. The molecule has 1 atom stereocenters. The highest BCUT2D eigenvalue weighted by Crippen LogP contribution is 2.37. The number of imidazole rings is 1. The molecule has 0 unspecified atom stereocenters. The highest BCUT2D eigenvalue weighted by Gasteiger charge is 2.37. The molecule has 0 aliphatic carbocycles. The molecule has 0 saturated heterocycles. The fourth-order valence-corrected chi connectivity index (χ4v) is 4.53. The Hall–Kier alpha value is -3.39. The number of para-hydroxylation sites is 1. The molecule has 5 heterocycles. The van der Waals surface area contributed by atoms with Crippen LogP contribution in [0.3, 0.4) is 0 Å². The van der Waals surface area contributed by atoms with Crippen LogP contribution in [0.5, 0.6) is 0 Å². The number of aromatic amines is 1. The van der Waals surface area contributed by atoms with E-state index in [1.807, 2.05) is 53.6 Å². The van der Waals surface area contributed by atoms with Gasteiger partial charge in [0.15, 0.2) is 0 Å². The maximum absolute atomic E-state index is 13.7. The van der Waals surface area contributed by atoms with Gasteiger partial charge in [0, 0.05) is 34.7 Å². The Bertz CT molecular complexity index is 1380. The van der Waals surface area contributed by atoms with Gasteiger partial charge in [-0.2, -0.15) is 5.10 Å². The van der Waals surface area contributed by atoms with Crippen molar-refractivity contribution < 1.29 is 9.21 Å². The number of furan rings is 1. The molecule has 1 aliphatic heterocycles. The summed E-state index contributed by atoms with van der Waals surface area (Å²) >= 11 is 3.49. The number of rotatable bonds is 2. The maximum Gasteiger partial charge on any atom is 0.258 e. The van der Waals surface area contributed by atoms with E-state index in [4.69, 9.17) is 4.42 Å². The van der Waals surface area contributed by atoms with Crippen LogP contribution in [0, 0.1) is 0 Å². The number of pyridine rings is 1. The molecule has 1 N–H and O–H groups in total. The second-order valence-electron chi connectivity index (χ2n) is 7.34. The van der Waals surface area contributed by atoms with Crippen LogP contribution < -0.4 is 0 Å². The number of nitrogens with one attached hydrogen (secondary N) is 1. The first-order valence-corrected chi connectivity index (χ1v) is 10.4. The summed E-state index contributed by atoms with van der Waals surface area (Å²) in [5.41, 5.74) is 3.96. The van der Waals surface area contributed by atoms with Gasteiger partial charge in [-0.1, -0.05) is 34.1 Å². The first kappa shape index (κ1) is 17.5. The summed E-state index contributed by atoms with van der Waals surface area (Å²) in [7, 11) is 0. The van der Waals surface area contributed by atoms with Crippen molar-refractivity contribution in [1.29, 1.82) is 0 Å². The molecule has 0 spiro atoms. The lowest BCUT2D eigenvalue weighted by molar-refractivity contribution is 0.0675. The van der Waals surface area contributed by atoms with Gasteiger partial charge in [-0.25, -0.2) is 9.50 Å². The van der Waals surface area contributed by atoms with E-state index >= 15 is 0 Å². The molecule has 1 aliphatic rings. The molecule has 148 valence electrons. The van der Waals surface area contributed by atoms with Gasteiger partial charge < -0.3 is 14.3 Å². The summed E-state index contributed by atoms with van der Waals surface area (Å²) in [6, 6.07) is 13.2. The molecule has 0 fully saturated rings. The lowest BCUT2D eigenvalue weighted by Crippen LogP contribution is -2.40. The Morgan fingerprint density at radius 2 is 2.13 bits per heavy atom. The van der Waals surface area contributed by atoms with E-state index in [2.05, 4.69) is 31.0 Å². The lowest BCUT2D eigenvalue weighted by Gasteiger charge is -2.33. The van der Waals surface area contributed by atoms with E-state index in [0.29, 0.717) is 24.3 Å². The van der Waals surface area contributed by atoms with Crippen molar-refractivity contribution in [2.75, 3.05) is 6.54 Å². The predicted molar refractivity (Wildman–Crippen MR) is 114 cm³/mol. The van der Waals surface area contributed by atoms with Crippen LogP contribution in [-0.2, 0) is 6.42 Å². The number of H-pyrrole nitrogens is 1. The number of carbonyl (C=O) groups excluding carboxylic acids is 1. The normalized spacial score (nSPS) is 16.3. The molecule has 4 aromatic heterocycles. The van der Waals surface area contributed by atoms with E-state index < -0.39 is 6.04 Å². The number of carbonyl (C=O) groups is 1. The van der Waals surface area contributed by atoms with Crippen molar-refractivity contribution in [2.24, 2.45) is 0 Å². The van der Waals surface area contributed by atoms with Gasteiger partial charge in [-0.05, 0) is 24.3 Å². The van der Waals surface area contributed by atoms with Crippen molar-refractivity contribution >= 4 is 38.3 Å². The fourth-order valence-electron chi connectivity index (χ4n) is 4.20. The van der Waals surface area contributed by atoms with Crippen LogP contribution in [0.15, 0.2) is 70.1 Å². The molecule has 0 bridgehead atoms. The maximum atomic E-state index is 13.7. The first-order valence-electron chi connectivity index (χ1n) is 9.63. The van der Waals surface area contributed by atoms with E-state index in [9.17, 15) is 4.79 Å². The van der Waals surface area contributed by atoms with Gasteiger partial charge in [-0.15, -0.1) is 0 Å². The average molecular weight is 462 g/mol. The van der Waals surface area contributed by atoms with Gasteiger partial charge in [0.2, 0.25) is 0 Å². The molecular formula is C22H16BrN5O2. The Morgan fingerprint density at radius 1 is 1.23 bits per heavy atom. The summed E-state index contributed by atoms with van der Waals surface area (Å²) in [6.07, 6.45) is 5.84. The predicted octanol–water partition coefficient (Wildman–Crippen LogP) is 4.35. The number of amides is 1. The molecular weight excluding hydrogens is 446 g/mol. The minimum absolute atomic E-state index is 0.0952. The van der Waals surface area contributed by atoms with Crippen LogP contribution in [0.4, 0.5) is 0 Å². The fraction of sp³-hybridized carbons (Fsp3) is 0.136. The highest BCUT2D eigenvalue weighted by molar-refractivity contribution is 9.10.